The van der Waals surface area contributed by atoms with Crippen LogP contribution in [0.5, 0.6) is 0 Å². The van der Waals surface area contributed by atoms with Crippen LogP contribution in [0.4, 0.5) is 0 Å². The summed E-state index contributed by atoms with van der Waals surface area (Å²) >= 11 is 1.14. The molecule has 0 bridgehead atoms. The number of carbonyl (C=O) groups is 2. The molecule has 8 nitrogen and oxygen atoms in total. The smallest absolute Gasteiger partial charge is 0.337 e. The molecule has 28 heavy (non-hydrogen) atoms. The fourth-order valence-electron chi connectivity index (χ4n) is 3.06. The van der Waals surface area contributed by atoms with Gasteiger partial charge in [0.2, 0.25) is 0 Å². The molecule has 0 aliphatic carbocycles. The van der Waals surface area contributed by atoms with E-state index in [9.17, 15) is 14.4 Å². The topological polar surface area (TPSA) is 96.7 Å². The number of hydrogen-bond acceptors (Lipinski definition) is 8. The van der Waals surface area contributed by atoms with Crippen LogP contribution in [0, 0.1) is 0 Å². The lowest BCUT2D eigenvalue weighted by Gasteiger charge is -2.18. The minimum Gasteiger partial charge on any atom is -0.468 e. The third-order valence-corrected chi connectivity index (χ3v) is 5.64. The van der Waals surface area contributed by atoms with Gasteiger partial charge >= 0.3 is 11.9 Å². The van der Waals surface area contributed by atoms with Crippen molar-refractivity contribution < 1.29 is 23.8 Å². The summed E-state index contributed by atoms with van der Waals surface area (Å²) in [6.45, 7) is 2.72. The van der Waals surface area contributed by atoms with Crippen LogP contribution in [-0.4, -0.2) is 53.7 Å². The van der Waals surface area contributed by atoms with E-state index in [1.807, 2.05) is 0 Å². The van der Waals surface area contributed by atoms with Gasteiger partial charge in [0.1, 0.15) is 5.25 Å². The Hall–Kier alpha value is -2.39. The molecule has 0 saturated carbocycles. The van der Waals surface area contributed by atoms with Gasteiger partial charge in [0.25, 0.3) is 5.56 Å². The Morgan fingerprint density at radius 3 is 2.79 bits per heavy atom. The van der Waals surface area contributed by atoms with Crippen molar-refractivity contribution in [2.24, 2.45) is 0 Å². The Bertz CT molecular complexity index is 951. The highest BCUT2D eigenvalue weighted by Crippen LogP contribution is 2.25. The van der Waals surface area contributed by atoms with Crippen molar-refractivity contribution in [1.82, 2.24) is 9.55 Å². The van der Waals surface area contributed by atoms with Gasteiger partial charge < -0.3 is 14.2 Å². The highest BCUT2D eigenvalue weighted by atomic mass is 32.2. The number of ether oxygens (including phenoxy) is 3. The van der Waals surface area contributed by atoms with E-state index in [-0.39, 0.29) is 11.7 Å². The van der Waals surface area contributed by atoms with Gasteiger partial charge in [-0.2, -0.15) is 0 Å². The zero-order valence-corrected chi connectivity index (χ0v) is 16.8. The minimum absolute atomic E-state index is 0.0703. The summed E-state index contributed by atoms with van der Waals surface area (Å²) in [6, 6.07) is 4.63. The maximum Gasteiger partial charge on any atom is 0.337 e. The zero-order valence-electron chi connectivity index (χ0n) is 16.0. The molecule has 2 atom stereocenters. The lowest BCUT2D eigenvalue weighted by atomic mass is 10.1. The zero-order chi connectivity index (χ0) is 20.3. The van der Waals surface area contributed by atoms with E-state index in [0.717, 1.165) is 24.6 Å². The first-order valence-electron chi connectivity index (χ1n) is 8.93. The van der Waals surface area contributed by atoms with E-state index < -0.39 is 17.2 Å². The van der Waals surface area contributed by atoms with Gasteiger partial charge in [0.15, 0.2) is 5.16 Å². The molecule has 150 valence electrons. The van der Waals surface area contributed by atoms with Gasteiger partial charge in [0.05, 0.1) is 43.3 Å². The molecule has 0 N–H and O–H groups in total. The monoisotopic (exact) mass is 406 g/mol. The Labute approximate surface area is 166 Å². The molecule has 1 fully saturated rings. The third kappa shape index (κ3) is 4.20. The standard InChI is InChI=1S/C19H22N2O6S/c1-11(17(23)25-2)28-19-20-15-9-12(18(24)26-3)6-7-14(15)16(22)21(19)10-13-5-4-8-27-13/h6-7,9,11,13H,4-5,8,10H2,1-3H3/t11-,13+/m1/s1. The maximum absolute atomic E-state index is 13.1. The van der Waals surface area contributed by atoms with Crippen molar-refractivity contribution >= 4 is 34.6 Å². The number of benzene rings is 1. The quantitative estimate of drug-likeness (QED) is 0.408. The number of hydrogen-bond donors (Lipinski definition) is 0. The van der Waals surface area contributed by atoms with Crippen molar-refractivity contribution in [2.75, 3.05) is 20.8 Å². The second kappa shape index (κ2) is 8.74. The van der Waals surface area contributed by atoms with Gasteiger partial charge in [-0.05, 0) is 38.0 Å². The molecule has 0 unspecified atom stereocenters. The van der Waals surface area contributed by atoms with Crippen LogP contribution >= 0.6 is 11.8 Å². The number of rotatable bonds is 6. The Morgan fingerprint density at radius 2 is 2.14 bits per heavy atom. The first kappa shape index (κ1) is 20.3. The van der Waals surface area contributed by atoms with Crippen LogP contribution in [0.1, 0.15) is 30.1 Å². The van der Waals surface area contributed by atoms with Crippen LogP contribution in [0.15, 0.2) is 28.2 Å². The number of aromatic nitrogens is 2. The van der Waals surface area contributed by atoms with E-state index >= 15 is 0 Å². The van der Waals surface area contributed by atoms with E-state index in [1.54, 1.807) is 17.6 Å². The lowest BCUT2D eigenvalue weighted by Crippen LogP contribution is -2.30. The Morgan fingerprint density at radius 1 is 1.36 bits per heavy atom. The van der Waals surface area contributed by atoms with Crippen molar-refractivity contribution in [1.29, 1.82) is 0 Å². The summed E-state index contributed by atoms with van der Waals surface area (Å²) in [7, 11) is 2.61. The molecular formula is C19H22N2O6S. The van der Waals surface area contributed by atoms with Crippen LogP contribution in [0.25, 0.3) is 10.9 Å². The second-order valence-corrected chi connectivity index (χ2v) is 7.76. The maximum atomic E-state index is 13.1. The Balaban J connectivity index is 2.09. The molecular weight excluding hydrogens is 384 g/mol. The van der Waals surface area contributed by atoms with Crippen LogP contribution in [0.3, 0.4) is 0 Å². The second-order valence-electron chi connectivity index (χ2n) is 6.45. The fraction of sp³-hybridized carbons (Fsp3) is 0.474. The number of methoxy groups -OCH3 is 2. The normalized spacial score (nSPS) is 17.5. The number of carbonyl (C=O) groups excluding carboxylic acids is 2. The number of esters is 2. The molecule has 1 aliphatic heterocycles. The SMILES string of the molecule is COC(=O)c1ccc2c(=O)n(C[C@@H]3CCCO3)c(S[C@H](C)C(=O)OC)nc2c1. The largest absolute Gasteiger partial charge is 0.468 e. The first-order chi connectivity index (χ1) is 13.4. The van der Waals surface area contributed by atoms with E-state index in [1.165, 1.54) is 26.4 Å². The number of fused-ring (bicyclic) bond motifs is 1. The summed E-state index contributed by atoms with van der Waals surface area (Å²) in [5.41, 5.74) is 0.434. The summed E-state index contributed by atoms with van der Waals surface area (Å²) in [5.74, 6) is -0.921. The lowest BCUT2D eigenvalue weighted by molar-refractivity contribution is -0.139. The molecule has 0 amide bonds. The van der Waals surface area contributed by atoms with Gasteiger partial charge in [-0.15, -0.1) is 0 Å². The molecule has 9 heteroatoms. The molecule has 1 aromatic carbocycles. The van der Waals surface area contributed by atoms with E-state index in [2.05, 4.69) is 4.98 Å². The molecule has 2 aromatic rings. The molecule has 2 heterocycles. The molecule has 0 radical (unpaired) electrons. The van der Waals surface area contributed by atoms with Crippen LogP contribution < -0.4 is 5.56 Å². The average Bonchev–Trinajstić information content (AvgIpc) is 3.22. The molecule has 1 saturated heterocycles. The van der Waals surface area contributed by atoms with Crippen molar-refractivity contribution in [3.05, 3.63) is 34.1 Å². The van der Waals surface area contributed by atoms with Crippen molar-refractivity contribution in [3.63, 3.8) is 0 Å². The van der Waals surface area contributed by atoms with Crippen LogP contribution in [0.2, 0.25) is 0 Å². The Kier molecular flexibility index (Phi) is 6.35. The van der Waals surface area contributed by atoms with Gasteiger partial charge in [-0.25, -0.2) is 9.78 Å². The van der Waals surface area contributed by atoms with Crippen molar-refractivity contribution in [2.45, 2.75) is 42.8 Å². The molecule has 1 aromatic heterocycles. The highest BCUT2D eigenvalue weighted by molar-refractivity contribution is 8.00. The predicted octanol–water partition coefficient (Wildman–Crippen LogP) is 2.02. The van der Waals surface area contributed by atoms with Crippen molar-refractivity contribution in [3.8, 4) is 0 Å². The van der Waals surface area contributed by atoms with E-state index in [0.29, 0.717) is 34.8 Å². The molecule has 3 rings (SSSR count). The van der Waals surface area contributed by atoms with E-state index in [4.69, 9.17) is 14.2 Å². The number of nitrogens with zero attached hydrogens (tertiary/aromatic N) is 2. The summed E-state index contributed by atoms with van der Waals surface area (Å²) in [6.07, 6.45) is 1.74. The molecule has 1 aliphatic rings. The predicted molar refractivity (Wildman–Crippen MR) is 104 cm³/mol. The first-order valence-corrected chi connectivity index (χ1v) is 9.81. The van der Waals surface area contributed by atoms with Gasteiger partial charge in [0, 0.05) is 6.61 Å². The summed E-state index contributed by atoms with van der Waals surface area (Å²) < 4.78 is 16.7. The fourth-order valence-corrected chi connectivity index (χ4v) is 4.01. The minimum atomic E-state index is -0.547. The highest BCUT2D eigenvalue weighted by Gasteiger charge is 2.24. The van der Waals surface area contributed by atoms with Gasteiger partial charge in [-0.3, -0.25) is 14.2 Å². The summed E-state index contributed by atoms with van der Waals surface area (Å²) in [5, 5.41) is 0.225. The van der Waals surface area contributed by atoms with Crippen LogP contribution in [-0.2, 0) is 25.5 Å². The third-order valence-electron chi connectivity index (χ3n) is 4.57. The van der Waals surface area contributed by atoms with Gasteiger partial charge in [-0.1, -0.05) is 11.8 Å². The molecule has 0 spiro atoms. The number of thioether (sulfide) groups is 1. The summed E-state index contributed by atoms with van der Waals surface area (Å²) in [4.78, 5) is 41.4. The average molecular weight is 406 g/mol.